The van der Waals surface area contributed by atoms with E-state index in [0.29, 0.717) is 6.29 Å². The first-order valence-corrected chi connectivity index (χ1v) is 12.3. The van der Waals surface area contributed by atoms with Gasteiger partial charge in [-0.15, -0.1) is 11.3 Å². The SMILES string of the molecule is C=Cc1cc(NC)ccc1/C(O)=C\C.O=CCNC(=O)Cc1nc2ccc(-c3ccccc3)cc2s1. The van der Waals surface area contributed by atoms with Gasteiger partial charge in [-0.3, -0.25) is 4.79 Å². The second-order valence-corrected chi connectivity index (χ2v) is 8.85. The molecule has 0 aliphatic heterocycles. The molecule has 0 spiro atoms. The molecule has 3 N–H and O–H groups in total. The predicted molar refractivity (Wildman–Crippen MR) is 150 cm³/mol. The summed E-state index contributed by atoms with van der Waals surface area (Å²) < 4.78 is 1.06. The fourth-order valence-corrected chi connectivity index (χ4v) is 4.49. The van der Waals surface area contributed by atoms with Crippen molar-refractivity contribution in [1.82, 2.24) is 10.3 Å². The van der Waals surface area contributed by atoms with Gasteiger partial charge in [0.25, 0.3) is 0 Å². The number of benzene rings is 3. The summed E-state index contributed by atoms with van der Waals surface area (Å²) in [7, 11) is 1.86. The zero-order valence-electron chi connectivity index (χ0n) is 20.3. The summed E-state index contributed by atoms with van der Waals surface area (Å²) in [5, 5.41) is 15.9. The van der Waals surface area contributed by atoms with Gasteiger partial charge in [0.1, 0.15) is 17.1 Å². The highest BCUT2D eigenvalue weighted by Gasteiger charge is 2.09. The third-order valence-corrected chi connectivity index (χ3v) is 6.36. The first-order chi connectivity index (χ1) is 17.5. The van der Waals surface area contributed by atoms with Crippen molar-refractivity contribution in [2.24, 2.45) is 0 Å². The molecule has 1 amide bonds. The van der Waals surface area contributed by atoms with E-state index in [9.17, 15) is 14.7 Å². The summed E-state index contributed by atoms with van der Waals surface area (Å²) in [4.78, 5) is 26.3. The van der Waals surface area contributed by atoms with Crippen LogP contribution in [0.25, 0.3) is 33.2 Å². The van der Waals surface area contributed by atoms with Crippen LogP contribution in [0.1, 0.15) is 23.1 Å². The smallest absolute Gasteiger partial charge is 0.227 e. The molecule has 6 nitrogen and oxygen atoms in total. The molecule has 0 atom stereocenters. The summed E-state index contributed by atoms with van der Waals surface area (Å²) in [6, 6.07) is 22.0. The predicted octanol–water partition coefficient (Wildman–Crippen LogP) is 6.11. The van der Waals surface area contributed by atoms with E-state index < -0.39 is 0 Å². The van der Waals surface area contributed by atoms with E-state index in [2.05, 4.69) is 40.4 Å². The molecule has 0 saturated heterocycles. The van der Waals surface area contributed by atoms with Gasteiger partial charge in [0.05, 0.1) is 23.2 Å². The van der Waals surface area contributed by atoms with Crippen LogP contribution >= 0.6 is 11.3 Å². The topological polar surface area (TPSA) is 91.3 Å². The standard InChI is InChI=1S/C17H14N2O2S.C12H15NO/c20-9-8-18-16(21)11-17-19-14-7-6-13(10-15(14)22-17)12-4-2-1-3-5-12;1-4-9-8-10(13-3)6-7-11(9)12(14)5-2/h1-7,9-10H,8,11H2,(H,18,21);4-8,13-14H,1H2,2-3H3/b;12-5+. The molecule has 0 aliphatic carbocycles. The van der Waals surface area contributed by atoms with E-state index in [1.54, 1.807) is 19.1 Å². The van der Waals surface area contributed by atoms with Crippen LogP contribution < -0.4 is 10.6 Å². The Morgan fingerprint density at radius 1 is 1.08 bits per heavy atom. The molecule has 1 heterocycles. The van der Waals surface area contributed by atoms with E-state index in [1.807, 2.05) is 55.6 Å². The minimum absolute atomic E-state index is 0.0435. The molecule has 36 heavy (non-hydrogen) atoms. The van der Waals surface area contributed by atoms with E-state index in [1.165, 1.54) is 11.3 Å². The number of hydrogen-bond acceptors (Lipinski definition) is 6. The lowest BCUT2D eigenvalue weighted by molar-refractivity contribution is -0.121. The fraction of sp³-hybridized carbons (Fsp3) is 0.138. The fourth-order valence-electron chi connectivity index (χ4n) is 3.49. The normalized spacial score (nSPS) is 10.8. The Morgan fingerprint density at radius 3 is 2.53 bits per heavy atom. The Balaban J connectivity index is 0.000000223. The zero-order valence-corrected chi connectivity index (χ0v) is 21.1. The van der Waals surface area contributed by atoms with E-state index in [0.717, 1.165) is 43.2 Å². The number of carbonyl (C=O) groups is 2. The van der Waals surface area contributed by atoms with Gasteiger partial charge in [0.15, 0.2) is 0 Å². The number of carbonyl (C=O) groups excluding carboxylic acids is 2. The number of aliphatic hydroxyl groups is 1. The maximum absolute atomic E-state index is 11.6. The number of nitrogens with zero attached hydrogens (tertiary/aromatic N) is 1. The van der Waals surface area contributed by atoms with Crippen LogP contribution in [0.3, 0.4) is 0 Å². The molecule has 0 fully saturated rings. The second-order valence-electron chi connectivity index (χ2n) is 7.73. The number of hydrogen-bond donors (Lipinski definition) is 3. The monoisotopic (exact) mass is 499 g/mol. The molecule has 4 rings (SSSR count). The lowest BCUT2D eigenvalue weighted by Crippen LogP contribution is -2.26. The number of aldehydes is 1. The summed E-state index contributed by atoms with van der Waals surface area (Å²) in [5.41, 5.74) is 5.92. The van der Waals surface area contributed by atoms with Crippen LogP contribution in [0.2, 0.25) is 0 Å². The van der Waals surface area contributed by atoms with Crippen molar-refractivity contribution in [1.29, 1.82) is 0 Å². The van der Waals surface area contributed by atoms with Gasteiger partial charge in [-0.25, -0.2) is 4.98 Å². The average molecular weight is 500 g/mol. The van der Waals surface area contributed by atoms with Gasteiger partial charge >= 0.3 is 0 Å². The lowest BCUT2D eigenvalue weighted by Gasteiger charge is -2.07. The Hall–Kier alpha value is -4.23. The maximum atomic E-state index is 11.6. The average Bonchev–Trinajstić information content (AvgIpc) is 3.33. The molecule has 184 valence electrons. The van der Waals surface area contributed by atoms with Gasteiger partial charge < -0.3 is 20.5 Å². The molecule has 3 aromatic carbocycles. The number of allylic oxidation sites excluding steroid dienone is 1. The molecule has 0 unspecified atom stereocenters. The minimum atomic E-state index is -0.186. The van der Waals surface area contributed by atoms with Gasteiger partial charge in [0, 0.05) is 18.3 Å². The highest BCUT2D eigenvalue weighted by Crippen LogP contribution is 2.28. The summed E-state index contributed by atoms with van der Waals surface area (Å²) in [5.74, 6) is 0.0944. The minimum Gasteiger partial charge on any atom is -0.508 e. The number of anilines is 1. The molecule has 7 heteroatoms. The molecule has 0 radical (unpaired) electrons. The third-order valence-electron chi connectivity index (χ3n) is 5.34. The van der Waals surface area contributed by atoms with Crippen molar-refractivity contribution in [3.8, 4) is 11.1 Å². The molecular formula is C29H29N3O3S. The van der Waals surface area contributed by atoms with Gasteiger partial charge in [0.2, 0.25) is 5.91 Å². The molecule has 1 aromatic heterocycles. The zero-order chi connectivity index (χ0) is 25.9. The van der Waals surface area contributed by atoms with Crippen molar-refractivity contribution in [3.05, 3.63) is 95.5 Å². The van der Waals surface area contributed by atoms with Crippen LogP contribution in [0, 0.1) is 0 Å². The van der Waals surface area contributed by atoms with Crippen molar-refractivity contribution in [2.45, 2.75) is 13.3 Å². The number of thiazole rings is 1. The van der Waals surface area contributed by atoms with Gasteiger partial charge in [-0.05, 0) is 60.0 Å². The van der Waals surface area contributed by atoms with E-state index in [4.69, 9.17) is 0 Å². The molecule has 4 aromatic rings. The molecule has 0 saturated carbocycles. The number of aromatic nitrogens is 1. The number of fused-ring (bicyclic) bond motifs is 1. The summed E-state index contributed by atoms with van der Waals surface area (Å²) in [6.45, 7) is 5.56. The third kappa shape index (κ3) is 6.90. The van der Waals surface area contributed by atoms with Crippen LogP contribution in [0.5, 0.6) is 0 Å². The van der Waals surface area contributed by atoms with Gasteiger partial charge in [-0.1, -0.05) is 49.1 Å². The van der Waals surface area contributed by atoms with E-state index >= 15 is 0 Å². The Bertz CT molecular complexity index is 1380. The van der Waals surface area contributed by atoms with Crippen molar-refractivity contribution < 1.29 is 14.7 Å². The van der Waals surface area contributed by atoms with Crippen molar-refractivity contribution >= 4 is 51.3 Å². The summed E-state index contributed by atoms with van der Waals surface area (Å²) >= 11 is 1.51. The lowest BCUT2D eigenvalue weighted by atomic mass is 10.0. The Labute approximate surface area is 215 Å². The van der Waals surface area contributed by atoms with Crippen molar-refractivity contribution in [3.63, 3.8) is 0 Å². The largest absolute Gasteiger partial charge is 0.508 e. The van der Waals surface area contributed by atoms with E-state index in [-0.39, 0.29) is 24.6 Å². The van der Waals surface area contributed by atoms with Gasteiger partial charge in [-0.2, -0.15) is 0 Å². The summed E-state index contributed by atoms with van der Waals surface area (Å²) in [6.07, 6.45) is 4.27. The van der Waals surface area contributed by atoms with Crippen LogP contribution in [0.4, 0.5) is 5.69 Å². The number of amides is 1. The molecule has 0 aliphatic rings. The first-order valence-electron chi connectivity index (χ1n) is 11.4. The highest BCUT2D eigenvalue weighted by molar-refractivity contribution is 7.18. The highest BCUT2D eigenvalue weighted by atomic mass is 32.1. The second kappa shape index (κ2) is 13.0. The van der Waals surface area contributed by atoms with Crippen molar-refractivity contribution in [2.75, 3.05) is 18.9 Å². The quantitative estimate of drug-likeness (QED) is 0.201. The van der Waals surface area contributed by atoms with Crippen LogP contribution in [-0.4, -0.2) is 35.9 Å². The number of rotatable bonds is 8. The Kier molecular flexibility index (Phi) is 9.54. The first kappa shape index (κ1) is 26.4. The maximum Gasteiger partial charge on any atom is 0.227 e. The van der Waals surface area contributed by atoms with Crippen LogP contribution in [-0.2, 0) is 16.0 Å². The molecular weight excluding hydrogens is 470 g/mol. The number of nitrogens with one attached hydrogen (secondary N) is 2. The number of aliphatic hydroxyl groups excluding tert-OH is 1. The van der Waals surface area contributed by atoms with Crippen LogP contribution in [0.15, 0.2) is 79.4 Å². The Morgan fingerprint density at radius 2 is 1.86 bits per heavy atom. The molecule has 0 bridgehead atoms.